The topological polar surface area (TPSA) is 27.7 Å². The zero-order chi connectivity index (χ0) is 14.4. The predicted molar refractivity (Wildman–Crippen MR) is 87.1 cm³/mol. The van der Waals surface area contributed by atoms with Crippen LogP contribution >= 0.6 is 12.2 Å². The number of morpholine rings is 1. The second kappa shape index (κ2) is 8.15. The van der Waals surface area contributed by atoms with Gasteiger partial charge in [0.2, 0.25) is 0 Å². The fraction of sp³-hybridized carbons (Fsp3) is 0.933. The molecule has 20 heavy (non-hydrogen) atoms. The van der Waals surface area contributed by atoms with E-state index < -0.39 is 0 Å². The van der Waals surface area contributed by atoms with Gasteiger partial charge in [0.1, 0.15) is 0 Å². The number of hydrogen-bond acceptors (Lipinski definition) is 3. The minimum Gasteiger partial charge on any atom is -0.379 e. The van der Waals surface area contributed by atoms with Crippen LogP contribution in [0.4, 0.5) is 0 Å². The molecule has 4 nitrogen and oxygen atoms in total. The van der Waals surface area contributed by atoms with E-state index in [0.717, 1.165) is 50.9 Å². The first kappa shape index (κ1) is 16.0. The lowest BCUT2D eigenvalue weighted by Crippen LogP contribution is -2.52. The summed E-state index contributed by atoms with van der Waals surface area (Å²) in [6.07, 6.45) is 5.01. The summed E-state index contributed by atoms with van der Waals surface area (Å²) < 4.78 is 5.36. The van der Waals surface area contributed by atoms with E-state index in [1.54, 1.807) is 0 Å². The second-order valence-electron chi connectivity index (χ2n) is 6.08. The Hall–Kier alpha value is -0.390. The maximum absolute atomic E-state index is 5.58. The number of likely N-dealkylation sites (tertiary alicyclic amines) is 1. The molecule has 0 aromatic carbocycles. The second-order valence-corrected chi connectivity index (χ2v) is 6.46. The van der Waals surface area contributed by atoms with Crippen LogP contribution in [0.25, 0.3) is 0 Å². The summed E-state index contributed by atoms with van der Waals surface area (Å²) in [4.78, 5) is 4.87. The zero-order valence-electron chi connectivity index (χ0n) is 12.9. The number of nitrogens with zero attached hydrogens (tertiary/aromatic N) is 2. The quantitative estimate of drug-likeness (QED) is 0.632. The molecule has 116 valence electrons. The lowest BCUT2D eigenvalue weighted by molar-refractivity contribution is 0.0375. The summed E-state index contributed by atoms with van der Waals surface area (Å²) in [7, 11) is 0. The van der Waals surface area contributed by atoms with Gasteiger partial charge in [0, 0.05) is 31.7 Å². The Balaban J connectivity index is 1.64. The SMILES string of the molecule is CC1CCCC(C)N1C(=S)NCCCN1CCOCC1. The number of thiocarbonyl (C=S) groups is 1. The van der Waals surface area contributed by atoms with Crippen molar-refractivity contribution in [3.8, 4) is 0 Å². The van der Waals surface area contributed by atoms with Gasteiger partial charge < -0.3 is 15.0 Å². The summed E-state index contributed by atoms with van der Waals surface area (Å²) in [6, 6.07) is 1.16. The molecule has 2 fully saturated rings. The maximum atomic E-state index is 5.58. The number of nitrogens with one attached hydrogen (secondary N) is 1. The number of ether oxygens (including phenoxy) is 1. The summed E-state index contributed by atoms with van der Waals surface area (Å²) in [5.74, 6) is 0. The normalized spacial score (nSPS) is 28.4. The van der Waals surface area contributed by atoms with E-state index in [1.165, 1.54) is 19.3 Å². The van der Waals surface area contributed by atoms with Gasteiger partial charge in [-0.1, -0.05) is 0 Å². The first-order valence-corrected chi connectivity index (χ1v) is 8.45. The molecule has 0 spiro atoms. The third-order valence-corrected chi connectivity index (χ3v) is 4.81. The average molecular weight is 299 g/mol. The van der Waals surface area contributed by atoms with E-state index in [-0.39, 0.29) is 0 Å². The highest BCUT2D eigenvalue weighted by Crippen LogP contribution is 2.22. The molecule has 5 heteroatoms. The van der Waals surface area contributed by atoms with Crippen molar-refractivity contribution in [3.05, 3.63) is 0 Å². The van der Waals surface area contributed by atoms with Gasteiger partial charge in [0.05, 0.1) is 13.2 Å². The molecule has 0 saturated carbocycles. The average Bonchev–Trinajstić information content (AvgIpc) is 2.44. The number of rotatable bonds is 4. The van der Waals surface area contributed by atoms with Gasteiger partial charge in [-0.25, -0.2) is 0 Å². The Morgan fingerprint density at radius 2 is 1.85 bits per heavy atom. The number of hydrogen-bond donors (Lipinski definition) is 1. The predicted octanol–water partition coefficient (Wildman–Crippen LogP) is 1.85. The van der Waals surface area contributed by atoms with Crippen molar-refractivity contribution in [2.24, 2.45) is 0 Å². The lowest BCUT2D eigenvalue weighted by Gasteiger charge is -2.41. The standard InChI is InChI=1S/C15H29N3OS/c1-13-5-3-6-14(2)18(13)15(20)16-7-4-8-17-9-11-19-12-10-17/h13-14H,3-12H2,1-2H3,(H,16,20). The first-order chi connectivity index (χ1) is 9.68. The van der Waals surface area contributed by atoms with E-state index in [4.69, 9.17) is 17.0 Å². The van der Waals surface area contributed by atoms with Gasteiger partial charge >= 0.3 is 0 Å². The molecule has 0 aromatic heterocycles. The highest BCUT2D eigenvalue weighted by Gasteiger charge is 2.26. The van der Waals surface area contributed by atoms with E-state index in [0.29, 0.717) is 12.1 Å². The van der Waals surface area contributed by atoms with Gasteiger partial charge in [-0.05, 0) is 58.3 Å². The summed E-state index contributed by atoms with van der Waals surface area (Å²) in [5.41, 5.74) is 0. The van der Waals surface area contributed by atoms with Gasteiger partial charge in [-0.3, -0.25) is 4.90 Å². The minimum atomic E-state index is 0.581. The van der Waals surface area contributed by atoms with Crippen molar-refractivity contribution in [1.82, 2.24) is 15.1 Å². The molecule has 0 aromatic rings. The van der Waals surface area contributed by atoms with Crippen LogP contribution in [0.5, 0.6) is 0 Å². The summed E-state index contributed by atoms with van der Waals surface area (Å²) >= 11 is 5.58. The molecule has 2 heterocycles. The third kappa shape index (κ3) is 4.57. The first-order valence-electron chi connectivity index (χ1n) is 8.04. The van der Waals surface area contributed by atoms with Gasteiger partial charge in [-0.2, -0.15) is 0 Å². The van der Waals surface area contributed by atoms with Gasteiger partial charge in [0.25, 0.3) is 0 Å². The van der Waals surface area contributed by atoms with E-state index in [2.05, 4.69) is 29.0 Å². The van der Waals surface area contributed by atoms with Crippen LogP contribution < -0.4 is 5.32 Å². The van der Waals surface area contributed by atoms with Gasteiger partial charge in [-0.15, -0.1) is 0 Å². The van der Waals surface area contributed by atoms with E-state index in [1.807, 2.05) is 0 Å². The number of piperidine rings is 1. The molecule has 2 rings (SSSR count). The molecule has 0 aliphatic carbocycles. The monoisotopic (exact) mass is 299 g/mol. The molecule has 1 N–H and O–H groups in total. The van der Waals surface area contributed by atoms with Crippen molar-refractivity contribution in [3.63, 3.8) is 0 Å². The largest absolute Gasteiger partial charge is 0.379 e. The molecule has 0 radical (unpaired) electrons. The third-order valence-electron chi connectivity index (χ3n) is 4.46. The Kier molecular flexibility index (Phi) is 6.52. The Morgan fingerprint density at radius 3 is 2.50 bits per heavy atom. The van der Waals surface area contributed by atoms with Crippen LogP contribution in [-0.4, -0.2) is 66.4 Å². The molecule has 2 saturated heterocycles. The van der Waals surface area contributed by atoms with Crippen molar-refractivity contribution in [2.45, 2.75) is 51.6 Å². The Bertz CT molecular complexity index is 297. The smallest absolute Gasteiger partial charge is 0.169 e. The van der Waals surface area contributed by atoms with Gasteiger partial charge in [0.15, 0.2) is 5.11 Å². The molecule has 2 unspecified atom stereocenters. The molecular formula is C15H29N3OS. The Labute approximate surface area is 128 Å². The Morgan fingerprint density at radius 1 is 1.20 bits per heavy atom. The van der Waals surface area contributed by atoms with Crippen LogP contribution in [0.3, 0.4) is 0 Å². The molecule has 0 amide bonds. The van der Waals surface area contributed by atoms with Crippen molar-refractivity contribution >= 4 is 17.3 Å². The van der Waals surface area contributed by atoms with Crippen molar-refractivity contribution < 1.29 is 4.74 Å². The van der Waals surface area contributed by atoms with Crippen LogP contribution in [0.15, 0.2) is 0 Å². The summed E-state index contributed by atoms with van der Waals surface area (Å²) in [6.45, 7) is 10.6. The fourth-order valence-corrected chi connectivity index (χ4v) is 3.70. The van der Waals surface area contributed by atoms with Crippen molar-refractivity contribution in [2.75, 3.05) is 39.4 Å². The minimum absolute atomic E-state index is 0.581. The van der Waals surface area contributed by atoms with E-state index >= 15 is 0 Å². The fourth-order valence-electron chi connectivity index (χ4n) is 3.24. The maximum Gasteiger partial charge on any atom is 0.169 e. The highest BCUT2D eigenvalue weighted by atomic mass is 32.1. The highest BCUT2D eigenvalue weighted by molar-refractivity contribution is 7.80. The molecule has 2 aliphatic heterocycles. The zero-order valence-corrected chi connectivity index (χ0v) is 13.8. The van der Waals surface area contributed by atoms with Crippen LogP contribution in [0, 0.1) is 0 Å². The van der Waals surface area contributed by atoms with Crippen LogP contribution in [0.2, 0.25) is 0 Å². The molecule has 0 bridgehead atoms. The summed E-state index contributed by atoms with van der Waals surface area (Å²) in [5, 5.41) is 4.40. The lowest BCUT2D eigenvalue weighted by atomic mass is 9.98. The molecular weight excluding hydrogens is 270 g/mol. The molecule has 2 atom stereocenters. The van der Waals surface area contributed by atoms with Crippen LogP contribution in [-0.2, 0) is 4.74 Å². The van der Waals surface area contributed by atoms with Crippen LogP contribution in [0.1, 0.15) is 39.5 Å². The molecule has 2 aliphatic rings. The van der Waals surface area contributed by atoms with E-state index in [9.17, 15) is 0 Å². The van der Waals surface area contributed by atoms with Crippen molar-refractivity contribution in [1.29, 1.82) is 0 Å².